The van der Waals surface area contributed by atoms with Crippen LogP contribution >= 0.6 is 11.8 Å². The van der Waals surface area contributed by atoms with Crippen LogP contribution in [0.5, 0.6) is 0 Å². The maximum atomic E-state index is 12.9. The number of hydrogen-bond donors (Lipinski definition) is 1. The Morgan fingerprint density at radius 1 is 1.41 bits per heavy atom. The minimum absolute atomic E-state index is 0.191. The van der Waals surface area contributed by atoms with Crippen LogP contribution in [0, 0.1) is 0 Å². The van der Waals surface area contributed by atoms with Gasteiger partial charge in [-0.15, -0.1) is 6.58 Å². The molecule has 3 aromatic heterocycles. The Kier molecular flexibility index (Phi) is 4.39. The zero-order valence-electron chi connectivity index (χ0n) is 15.3. The van der Waals surface area contributed by atoms with E-state index in [1.54, 1.807) is 28.6 Å². The second-order valence-corrected chi connectivity index (χ2v) is 7.66. The molecule has 0 bridgehead atoms. The van der Waals surface area contributed by atoms with Crippen molar-refractivity contribution in [2.24, 2.45) is 0 Å². The van der Waals surface area contributed by atoms with Crippen molar-refractivity contribution in [1.29, 1.82) is 0 Å². The molecule has 0 saturated carbocycles. The zero-order valence-corrected chi connectivity index (χ0v) is 16.2. The topological polar surface area (TPSA) is 85.8 Å². The quantitative estimate of drug-likeness (QED) is 0.423. The maximum absolute atomic E-state index is 12.9. The summed E-state index contributed by atoms with van der Waals surface area (Å²) in [5.41, 5.74) is 1.05. The maximum Gasteiger partial charge on any atom is 0.278 e. The third-order valence-electron chi connectivity index (χ3n) is 4.94. The van der Waals surface area contributed by atoms with Crippen LogP contribution in [0.4, 0.5) is 0 Å². The minimum atomic E-state index is -0.977. The Morgan fingerprint density at radius 2 is 2.22 bits per heavy atom. The summed E-state index contributed by atoms with van der Waals surface area (Å²) in [4.78, 5) is 26.4. The summed E-state index contributed by atoms with van der Waals surface area (Å²) in [6.07, 6.45) is 7.59. The molecule has 4 rings (SSSR count). The van der Waals surface area contributed by atoms with E-state index in [0.29, 0.717) is 40.7 Å². The molecule has 0 aliphatic heterocycles. The van der Waals surface area contributed by atoms with Crippen LogP contribution < -0.4 is 5.56 Å². The molecule has 0 unspecified atom stereocenters. The van der Waals surface area contributed by atoms with Crippen LogP contribution in [0.3, 0.4) is 0 Å². The van der Waals surface area contributed by atoms with Gasteiger partial charge in [-0.1, -0.05) is 23.9 Å². The molecule has 0 fully saturated rings. The number of allylic oxidation sites excluding steroid dienone is 1. The van der Waals surface area contributed by atoms with Crippen molar-refractivity contribution in [2.45, 2.75) is 43.5 Å². The van der Waals surface area contributed by atoms with Crippen LogP contribution in [-0.4, -0.2) is 35.7 Å². The van der Waals surface area contributed by atoms with Crippen LogP contribution in [0.25, 0.3) is 16.9 Å². The van der Waals surface area contributed by atoms with E-state index >= 15 is 0 Å². The van der Waals surface area contributed by atoms with Crippen molar-refractivity contribution in [3.05, 3.63) is 52.6 Å². The first-order chi connectivity index (χ1) is 13.0. The molecule has 1 atom stereocenters. The van der Waals surface area contributed by atoms with Crippen molar-refractivity contribution in [1.82, 2.24) is 24.3 Å². The van der Waals surface area contributed by atoms with Gasteiger partial charge in [0.2, 0.25) is 0 Å². The highest BCUT2D eigenvalue weighted by Gasteiger charge is 2.32. The molecule has 140 valence electrons. The third-order valence-corrected chi connectivity index (χ3v) is 5.50. The summed E-state index contributed by atoms with van der Waals surface area (Å²) >= 11 is 1.41. The highest BCUT2D eigenvalue weighted by molar-refractivity contribution is 7.98. The fourth-order valence-corrected chi connectivity index (χ4v) is 3.97. The molecule has 8 heteroatoms. The van der Waals surface area contributed by atoms with Crippen LogP contribution in [0.1, 0.15) is 31.0 Å². The molecule has 1 aliphatic carbocycles. The SMILES string of the molecule is C=CCn1c(=O)c2cnc(SC)nc2n1-c1ccc2c(n1)[C@@](C)(O)CCC2. The summed E-state index contributed by atoms with van der Waals surface area (Å²) in [6.45, 7) is 5.87. The molecule has 1 aliphatic rings. The lowest BCUT2D eigenvalue weighted by Crippen LogP contribution is -2.29. The molecule has 3 aromatic rings. The standard InChI is InChI=1S/C19H21N5O2S/c1-4-10-23-17(25)13-11-20-18(27-3)22-16(13)24(23)14-8-7-12-6-5-9-19(2,26)15(12)21-14/h4,7-8,11,26H,1,5-6,9-10H2,2-3H3/t19-/m0/s1. The first-order valence-corrected chi connectivity index (χ1v) is 10.1. The van der Waals surface area contributed by atoms with E-state index in [1.165, 1.54) is 11.8 Å². The highest BCUT2D eigenvalue weighted by Crippen LogP contribution is 2.34. The average Bonchev–Trinajstić information content (AvgIpc) is 2.93. The first-order valence-electron chi connectivity index (χ1n) is 8.83. The van der Waals surface area contributed by atoms with E-state index in [4.69, 9.17) is 4.98 Å². The second-order valence-electron chi connectivity index (χ2n) is 6.89. The van der Waals surface area contributed by atoms with E-state index < -0.39 is 5.60 Å². The molecule has 3 heterocycles. The normalized spacial score (nSPS) is 19.2. The Morgan fingerprint density at radius 3 is 2.96 bits per heavy atom. The number of fused-ring (bicyclic) bond motifs is 2. The summed E-state index contributed by atoms with van der Waals surface area (Å²) in [7, 11) is 0. The van der Waals surface area contributed by atoms with Gasteiger partial charge in [0.25, 0.3) is 5.56 Å². The van der Waals surface area contributed by atoms with Crippen molar-refractivity contribution < 1.29 is 5.11 Å². The molecule has 0 amide bonds. The predicted octanol–water partition coefficient (Wildman–Crippen LogP) is 2.43. The van der Waals surface area contributed by atoms with E-state index in [-0.39, 0.29) is 5.56 Å². The second kappa shape index (κ2) is 6.61. The van der Waals surface area contributed by atoms with Gasteiger partial charge in [-0.05, 0) is 44.1 Å². The number of rotatable bonds is 4. The van der Waals surface area contributed by atoms with E-state index in [1.807, 2.05) is 18.4 Å². The molecular formula is C19H21N5O2S. The van der Waals surface area contributed by atoms with Gasteiger partial charge in [0.15, 0.2) is 16.6 Å². The summed E-state index contributed by atoms with van der Waals surface area (Å²) in [5.74, 6) is 0.552. The number of aryl methyl sites for hydroxylation is 1. The van der Waals surface area contributed by atoms with Gasteiger partial charge in [-0.3, -0.25) is 4.79 Å². The van der Waals surface area contributed by atoms with Crippen molar-refractivity contribution in [3.63, 3.8) is 0 Å². The third kappa shape index (κ3) is 2.89. The van der Waals surface area contributed by atoms with Crippen molar-refractivity contribution >= 4 is 22.8 Å². The van der Waals surface area contributed by atoms with Gasteiger partial charge < -0.3 is 5.11 Å². The summed E-state index contributed by atoms with van der Waals surface area (Å²) in [5, 5.41) is 11.8. The Hall–Kier alpha value is -2.45. The van der Waals surface area contributed by atoms with Gasteiger partial charge in [-0.2, -0.15) is 0 Å². The number of aromatic nitrogens is 5. The Balaban J connectivity index is 2.02. The first kappa shape index (κ1) is 17.9. The average molecular weight is 383 g/mol. The Labute approximate surface area is 160 Å². The van der Waals surface area contributed by atoms with Crippen LogP contribution in [0.2, 0.25) is 0 Å². The van der Waals surface area contributed by atoms with E-state index in [9.17, 15) is 9.90 Å². The molecule has 0 spiro atoms. The summed E-state index contributed by atoms with van der Waals surface area (Å²) in [6, 6.07) is 3.86. The number of thioether (sulfide) groups is 1. The zero-order chi connectivity index (χ0) is 19.2. The minimum Gasteiger partial charge on any atom is -0.384 e. The Bertz CT molecular complexity index is 1100. The molecule has 1 N–H and O–H groups in total. The number of nitrogens with zero attached hydrogens (tertiary/aromatic N) is 5. The van der Waals surface area contributed by atoms with Crippen molar-refractivity contribution in [2.75, 3.05) is 6.26 Å². The lowest BCUT2D eigenvalue weighted by atomic mass is 9.84. The molecule has 7 nitrogen and oxygen atoms in total. The molecule has 27 heavy (non-hydrogen) atoms. The van der Waals surface area contributed by atoms with Gasteiger partial charge in [-0.25, -0.2) is 24.3 Å². The van der Waals surface area contributed by atoms with Crippen molar-refractivity contribution in [3.8, 4) is 5.82 Å². The molecule has 0 saturated heterocycles. The fraction of sp³-hybridized carbons (Fsp3) is 0.368. The largest absolute Gasteiger partial charge is 0.384 e. The van der Waals surface area contributed by atoms with Crippen LogP contribution in [-0.2, 0) is 18.6 Å². The van der Waals surface area contributed by atoms with Crippen LogP contribution in [0.15, 0.2) is 40.9 Å². The van der Waals surface area contributed by atoms with Gasteiger partial charge in [0.05, 0.1) is 12.2 Å². The van der Waals surface area contributed by atoms with Gasteiger partial charge in [0.1, 0.15) is 11.0 Å². The number of hydrogen-bond acceptors (Lipinski definition) is 6. The lowest BCUT2D eigenvalue weighted by molar-refractivity contribution is 0.0339. The molecule has 0 aromatic carbocycles. The highest BCUT2D eigenvalue weighted by atomic mass is 32.2. The lowest BCUT2D eigenvalue weighted by Gasteiger charge is -2.30. The van der Waals surface area contributed by atoms with Gasteiger partial charge in [0, 0.05) is 6.20 Å². The fourth-order valence-electron chi connectivity index (χ4n) is 3.64. The monoisotopic (exact) mass is 383 g/mol. The number of pyridine rings is 1. The van der Waals surface area contributed by atoms with Gasteiger partial charge >= 0.3 is 0 Å². The van der Waals surface area contributed by atoms with E-state index in [2.05, 4.69) is 16.5 Å². The molecular weight excluding hydrogens is 362 g/mol. The smallest absolute Gasteiger partial charge is 0.278 e. The predicted molar refractivity (Wildman–Crippen MR) is 105 cm³/mol. The molecule has 0 radical (unpaired) electrons. The summed E-state index contributed by atoms with van der Waals surface area (Å²) < 4.78 is 3.24. The van der Waals surface area contributed by atoms with E-state index in [0.717, 1.165) is 18.4 Å². The number of aliphatic hydroxyl groups is 1.